The predicted molar refractivity (Wildman–Crippen MR) is 138 cm³/mol. The zero-order valence-electron chi connectivity index (χ0n) is 19.4. The number of rotatable bonds is 10. The topological polar surface area (TPSA) is 86.8 Å². The number of sulfonamides is 1. The van der Waals surface area contributed by atoms with Gasteiger partial charge in [0.1, 0.15) is 12.6 Å². The molecule has 0 aliphatic heterocycles. The molecule has 2 amide bonds. The molecule has 1 unspecified atom stereocenters. The highest BCUT2D eigenvalue weighted by molar-refractivity contribution is 7.92. The van der Waals surface area contributed by atoms with Gasteiger partial charge in [-0.3, -0.25) is 13.9 Å². The third kappa shape index (κ3) is 8.05. The van der Waals surface area contributed by atoms with Gasteiger partial charge in [0.15, 0.2) is 0 Å². The number of nitrogens with one attached hydrogen (secondary N) is 1. The molecule has 0 spiro atoms. The SMILES string of the molecule is CC(C)CNC(=O)C(C)N(Cc1ccc(Cl)cc1Cl)C(=O)CN(c1cccc(Cl)c1)S(C)(=O)=O. The van der Waals surface area contributed by atoms with Crippen LogP contribution in [-0.4, -0.2) is 50.5 Å². The second-order valence-electron chi connectivity index (χ2n) is 8.32. The number of anilines is 1. The summed E-state index contributed by atoms with van der Waals surface area (Å²) in [5.74, 6) is -0.723. The molecule has 1 atom stereocenters. The number of hydrogen-bond acceptors (Lipinski definition) is 4. The van der Waals surface area contributed by atoms with Crippen LogP contribution in [0.25, 0.3) is 0 Å². The average molecular weight is 549 g/mol. The van der Waals surface area contributed by atoms with Gasteiger partial charge in [-0.1, -0.05) is 60.8 Å². The Balaban J connectivity index is 2.40. The lowest BCUT2D eigenvalue weighted by Gasteiger charge is -2.32. The highest BCUT2D eigenvalue weighted by atomic mass is 35.5. The van der Waals surface area contributed by atoms with Gasteiger partial charge in [0.25, 0.3) is 0 Å². The Morgan fingerprint density at radius 1 is 1.00 bits per heavy atom. The second kappa shape index (κ2) is 12.1. The van der Waals surface area contributed by atoms with E-state index in [0.29, 0.717) is 27.2 Å². The fraction of sp³-hybridized carbons (Fsp3) is 0.391. The summed E-state index contributed by atoms with van der Waals surface area (Å²) >= 11 is 18.3. The largest absolute Gasteiger partial charge is 0.354 e. The summed E-state index contributed by atoms with van der Waals surface area (Å²) in [5.41, 5.74) is 0.807. The molecule has 0 heterocycles. The zero-order chi connectivity index (χ0) is 25.6. The van der Waals surface area contributed by atoms with Crippen molar-refractivity contribution in [3.05, 3.63) is 63.1 Å². The predicted octanol–water partition coefficient (Wildman–Crippen LogP) is 4.60. The van der Waals surface area contributed by atoms with Gasteiger partial charge in [-0.25, -0.2) is 8.42 Å². The molecule has 2 aromatic rings. The van der Waals surface area contributed by atoms with E-state index in [9.17, 15) is 18.0 Å². The summed E-state index contributed by atoms with van der Waals surface area (Å²) in [6.07, 6.45) is 1.00. The van der Waals surface area contributed by atoms with Crippen molar-refractivity contribution in [3.8, 4) is 0 Å². The summed E-state index contributed by atoms with van der Waals surface area (Å²) in [7, 11) is -3.83. The summed E-state index contributed by atoms with van der Waals surface area (Å²) in [5, 5.41) is 3.89. The summed E-state index contributed by atoms with van der Waals surface area (Å²) in [6, 6.07) is 10.1. The van der Waals surface area contributed by atoms with E-state index in [4.69, 9.17) is 34.8 Å². The van der Waals surface area contributed by atoms with Gasteiger partial charge >= 0.3 is 0 Å². The van der Waals surface area contributed by atoms with Gasteiger partial charge in [0.05, 0.1) is 11.9 Å². The molecule has 0 aliphatic rings. The van der Waals surface area contributed by atoms with Gasteiger partial charge in [-0.2, -0.15) is 0 Å². The first-order valence-electron chi connectivity index (χ1n) is 10.5. The van der Waals surface area contributed by atoms with E-state index in [1.807, 2.05) is 13.8 Å². The van der Waals surface area contributed by atoms with Crippen LogP contribution < -0.4 is 9.62 Å². The van der Waals surface area contributed by atoms with Crippen molar-refractivity contribution in [2.75, 3.05) is 23.7 Å². The first-order valence-corrected chi connectivity index (χ1v) is 13.5. The Morgan fingerprint density at radius 2 is 1.65 bits per heavy atom. The van der Waals surface area contributed by atoms with E-state index in [0.717, 1.165) is 10.6 Å². The van der Waals surface area contributed by atoms with Gasteiger partial charge < -0.3 is 10.2 Å². The highest BCUT2D eigenvalue weighted by Crippen LogP contribution is 2.25. The maximum absolute atomic E-state index is 13.5. The minimum atomic E-state index is -3.83. The summed E-state index contributed by atoms with van der Waals surface area (Å²) in [4.78, 5) is 27.6. The van der Waals surface area contributed by atoms with E-state index in [1.165, 1.54) is 11.0 Å². The number of benzene rings is 2. The van der Waals surface area contributed by atoms with Crippen LogP contribution in [0.5, 0.6) is 0 Å². The second-order valence-corrected chi connectivity index (χ2v) is 11.5. The molecule has 34 heavy (non-hydrogen) atoms. The number of hydrogen-bond donors (Lipinski definition) is 1. The van der Waals surface area contributed by atoms with Crippen molar-refractivity contribution in [1.82, 2.24) is 10.2 Å². The molecule has 0 aliphatic carbocycles. The van der Waals surface area contributed by atoms with E-state index in [1.54, 1.807) is 43.3 Å². The van der Waals surface area contributed by atoms with Gasteiger partial charge in [0, 0.05) is 28.2 Å². The normalized spacial score (nSPS) is 12.4. The van der Waals surface area contributed by atoms with Gasteiger partial charge in [0.2, 0.25) is 21.8 Å². The Bertz CT molecular complexity index is 1140. The molecule has 2 aromatic carbocycles. The molecule has 2 rings (SSSR count). The quantitative estimate of drug-likeness (QED) is 0.470. The smallest absolute Gasteiger partial charge is 0.244 e. The molecular formula is C23H28Cl3N3O4S. The molecule has 0 radical (unpaired) electrons. The number of amides is 2. The molecular weight excluding hydrogens is 521 g/mol. The third-order valence-electron chi connectivity index (χ3n) is 4.98. The maximum Gasteiger partial charge on any atom is 0.244 e. The molecule has 0 aromatic heterocycles. The number of carbonyl (C=O) groups is 2. The Kier molecular flexibility index (Phi) is 10.1. The standard InChI is InChI=1S/C23H28Cl3N3O4S/c1-15(2)12-27-23(31)16(3)28(13-17-8-9-19(25)11-21(17)26)22(30)14-29(34(4,32)33)20-7-5-6-18(24)10-20/h5-11,15-16H,12-14H2,1-4H3,(H,27,31). The first-order chi connectivity index (χ1) is 15.8. The lowest BCUT2D eigenvalue weighted by atomic mass is 10.1. The lowest BCUT2D eigenvalue weighted by molar-refractivity contribution is -0.139. The van der Waals surface area contributed by atoms with Crippen molar-refractivity contribution in [2.24, 2.45) is 5.92 Å². The summed E-state index contributed by atoms with van der Waals surface area (Å²) in [6.45, 7) is 5.39. The maximum atomic E-state index is 13.5. The molecule has 0 saturated carbocycles. The van der Waals surface area contributed by atoms with Crippen molar-refractivity contribution in [1.29, 1.82) is 0 Å². The third-order valence-corrected chi connectivity index (χ3v) is 6.95. The summed E-state index contributed by atoms with van der Waals surface area (Å²) < 4.78 is 26.0. The van der Waals surface area contributed by atoms with Gasteiger partial charge in [-0.05, 0) is 48.7 Å². The Hall–Kier alpha value is -2.00. The van der Waals surface area contributed by atoms with Gasteiger partial charge in [-0.15, -0.1) is 0 Å². The monoisotopic (exact) mass is 547 g/mol. The average Bonchev–Trinajstić information content (AvgIpc) is 2.73. The molecule has 7 nitrogen and oxygen atoms in total. The molecule has 0 bridgehead atoms. The van der Waals surface area contributed by atoms with Crippen molar-refractivity contribution < 1.29 is 18.0 Å². The van der Waals surface area contributed by atoms with E-state index in [-0.39, 0.29) is 24.1 Å². The molecule has 186 valence electrons. The van der Waals surface area contributed by atoms with Crippen LogP contribution in [0.4, 0.5) is 5.69 Å². The van der Waals surface area contributed by atoms with Crippen LogP contribution in [0.15, 0.2) is 42.5 Å². The van der Waals surface area contributed by atoms with Crippen LogP contribution in [0.2, 0.25) is 15.1 Å². The minimum Gasteiger partial charge on any atom is -0.354 e. The van der Waals surface area contributed by atoms with Crippen LogP contribution in [0.1, 0.15) is 26.3 Å². The first kappa shape index (κ1) is 28.2. The van der Waals surface area contributed by atoms with E-state index in [2.05, 4.69) is 5.32 Å². The number of nitrogens with zero attached hydrogens (tertiary/aromatic N) is 2. The van der Waals surface area contributed by atoms with E-state index < -0.39 is 28.5 Å². The fourth-order valence-electron chi connectivity index (χ4n) is 3.11. The fourth-order valence-corrected chi connectivity index (χ4v) is 4.61. The molecule has 0 fully saturated rings. The number of carbonyl (C=O) groups excluding carboxylic acids is 2. The molecule has 0 saturated heterocycles. The van der Waals surface area contributed by atoms with Crippen molar-refractivity contribution in [3.63, 3.8) is 0 Å². The highest BCUT2D eigenvalue weighted by Gasteiger charge is 2.30. The van der Waals surface area contributed by atoms with Crippen LogP contribution in [0, 0.1) is 5.92 Å². The van der Waals surface area contributed by atoms with Crippen LogP contribution in [0.3, 0.4) is 0 Å². The minimum absolute atomic E-state index is 0.0156. The van der Waals surface area contributed by atoms with Crippen LogP contribution >= 0.6 is 34.8 Å². The zero-order valence-corrected chi connectivity index (χ0v) is 22.5. The molecule has 11 heteroatoms. The van der Waals surface area contributed by atoms with Crippen LogP contribution in [-0.2, 0) is 26.2 Å². The Morgan fingerprint density at radius 3 is 2.21 bits per heavy atom. The lowest BCUT2D eigenvalue weighted by Crippen LogP contribution is -2.51. The molecule has 1 N–H and O–H groups in total. The number of halogens is 3. The van der Waals surface area contributed by atoms with Crippen molar-refractivity contribution in [2.45, 2.75) is 33.4 Å². The van der Waals surface area contributed by atoms with E-state index >= 15 is 0 Å². The van der Waals surface area contributed by atoms with Crippen molar-refractivity contribution >= 4 is 62.3 Å². The Labute approximate surface area is 216 Å².